The molecule has 4 aromatic heterocycles. The summed E-state index contributed by atoms with van der Waals surface area (Å²) in [5.74, 6) is 0.104. The van der Waals surface area contributed by atoms with Gasteiger partial charge >= 0.3 is 33.4 Å². The van der Waals surface area contributed by atoms with Crippen LogP contribution in [0.15, 0.2) is 46.5 Å². The topological polar surface area (TPSA) is 61.4 Å². The van der Waals surface area contributed by atoms with Crippen LogP contribution in [0.25, 0.3) is 11.6 Å². The third-order valence-electron chi connectivity index (χ3n) is 4.51. The standard InChI is InChI=1S/C20H12F6N6S.Pt/c1-11-12(2)31(9-27-11)13-5-3-7-15(29-13)33-16-8-4-6-14(30-16)32-10-28-17(19(21,22)23)18(32)20(24,25)26;/h3-8H,1-2H3;/q-2;+2. The van der Waals surface area contributed by atoms with E-state index >= 15 is 0 Å². The van der Waals surface area contributed by atoms with E-state index in [1.807, 2.05) is 13.8 Å². The molecule has 4 aromatic rings. The molecule has 0 radical (unpaired) electrons. The molecule has 0 amide bonds. The van der Waals surface area contributed by atoms with Gasteiger partial charge in [0.1, 0.15) is 0 Å². The van der Waals surface area contributed by atoms with Crippen molar-refractivity contribution in [2.45, 2.75) is 36.3 Å². The summed E-state index contributed by atoms with van der Waals surface area (Å²) in [4.78, 5) is 15.4. The molecule has 0 aliphatic carbocycles. The SMILES string of the molecule is Cc1n[c-]n(-c2cccc(Sc3cccc(-n4[c-]nc(C(F)(F)F)c4C(F)(F)F)n3)n2)c1C.[Pt+2]. The van der Waals surface area contributed by atoms with E-state index in [4.69, 9.17) is 0 Å². The molecule has 4 rings (SSSR count). The number of alkyl halides is 6. The smallest absolute Gasteiger partial charge is 0.415 e. The maximum atomic E-state index is 13.4. The van der Waals surface area contributed by atoms with Gasteiger partial charge in [0.05, 0.1) is 27.4 Å². The van der Waals surface area contributed by atoms with Crippen LogP contribution in [0.1, 0.15) is 22.8 Å². The molecular weight excluding hydrogens is 665 g/mol. The first kappa shape index (κ1) is 26.0. The predicted molar refractivity (Wildman–Crippen MR) is 104 cm³/mol. The van der Waals surface area contributed by atoms with Crippen molar-refractivity contribution in [2.24, 2.45) is 0 Å². The molecule has 0 saturated heterocycles. The Morgan fingerprint density at radius 3 is 1.76 bits per heavy atom. The Hall–Kier alpha value is -2.66. The van der Waals surface area contributed by atoms with E-state index in [2.05, 4.69) is 26.3 Å². The van der Waals surface area contributed by atoms with Gasteiger partial charge in [-0.15, -0.1) is 0 Å². The number of halogens is 6. The van der Waals surface area contributed by atoms with Crippen LogP contribution < -0.4 is 0 Å². The summed E-state index contributed by atoms with van der Waals surface area (Å²) >= 11 is 1.02. The summed E-state index contributed by atoms with van der Waals surface area (Å²) in [7, 11) is 0. The number of aryl methyl sites for hydroxylation is 1. The first-order valence-corrected chi connectivity index (χ1v) is 9.98. The van der Waals surface area contributed by atoms with Crippen LogP contribution in [0.3, 0.4) is 0 Å². The molecule has 0 fully saturated rings. The molecule has 0 saturated carbocycles. The third kappa shape index (κ3) is 5.20. The van der Waals surface area contributed by atoms with Crippen LogP contribution in [0.2, 0.25) is 0 Å². The van der Waals surface area contributed by atoms with Crippen LogP contribution in [-0.2, 0) is 33.4 Å². The van der Waals surface area contributed by atoms with Gasteiger partial charge in [0.2, 0.25) is 0 Å². The van der Waals surface area contributed by atoms with E-state index in [0.717, 1.165) is 29.2 Å². The number of nitrogens with zero attached hydrogens (tertiary/aromatic N) is 6. The van der Waals surface area contributed by atoms with E-state index in [1.165, 1.54) is 12.1 Å². The van der Waals surface area contributed by atoms with Crippen LogP contribution >= 0.6 is 11.8 Å². The monoisotopic (exact) mass is 677 g/mol. The van der Waals surface area contributed by atoms with Gasteiger partial charge in [-0.2, -0.15) is 26.3 Å². The van der Waals surface area contributed by atoms with E-state index in [9.17, 15) is 26.3 Å². The number of pyridine rings is 2. The Morgan fingerprint density at radius 2 is 1.29 bits per heavy atom. The largest absolute Gasteiger partial charge is 2.00 e. The van der Waals surface area contributed by atoms with Crippen molar-refractivity contribution in [1.82, 2.24) is 29.1 Å². The van der Waals surface area contributed by atoms with Crippen molar-refractivity contribution in [3.05, 3.63) is 71.8 Å². The van der Waals surface area contributed by atoms with Crippen LogP contribution in [0.4, 0.5) is 26.3 Å². The molecule has 0 bridgehead atoms. The van der Waals surface area contributed by atoms with Gasteiger partial charge in [0.15, 0.2) is 0 Å². The van der Waals surface area contributed by atoms with Gasteiger partial charge in [0.25, 0.3) is 0 Å². The molecule has 0 spiro atoms. The molecular formula is C20H12F6N6PtS. The Labute approximate surface area is 207 Å². The quantitative estimate of drug-likeness (QED) is 0.218. The van der Waals surface area contributed by atoms with Crippen LogP contribution in [0, 0.1) is 26.5 Å². The van der Waals surface area contributed by atoms with Gasteiger partial charge in [0, 0.05) is 18.3 Å². The van der Waals surface area contributed by atoms with Gasteiger partial charge in [-0.1, -0.05) is 61.3 Å². The molecule has 0 aliphatic rings. The van der Waals surface area contributed by atoms with Gasteiger partial charge in [-0.05, 0) is 12.1 Å². The summed E-state index contributed by atoms with van der Waals surface area (Å²) < 4.78 is 81.2. The summed E-state index contributed by atoms with van der Waals surface area (Å²) in [6.07, 6.45) is -6.05. The zero-order valence-corrected chi connectivity index (χ0v) is 20.2. The fourth-order valence-corrected chi connectivity index (χ4v) is 3.66. The fraction of sp³-hybridized carbons (Fsp3) is 0.200. The molecule has 4 heterocycles. The first-order chi connectivity index (χ1) is 15.4. The van der Waals surface area contributed by atoms with Crippen molar-refractivity contribution in [3.8, 4) is 11.6 Å². The summed E-state index contributed by atoms with van der Waals surface area (Å²) in [6, 6.07) is 9.11. The molecule has 34 heavy (non-hydrogen) atoms. The van der Waals surface area contributed by atoms with Gasteiger partial charge in [-0.3, -0.25) is 9.97 Å². The number of hydrogen-bond acceptors (Lipinski definition) is 5. The molecule has 0 unspecified atom stereocenters. The Balaban J connectivity index is 0.00000324. The summed E-state index contributed by atoms with van der Waals surface area (Å²) in [5, 5.41) is 0.668. The summed E-state index contributed by atoms with van der Waals surface area (Å²) in [6.45, 7) is 3.67. The minimum Gasteiger partial charge on any atom is -0.415 e. The van der Waals surface area contributed by atoms with Gasteiger partial charge in [-0.25, -0.2) is 0 Å². The molecule has 180 valence electrons. The van der Waals surface area contributed by atoms with Crippen molar-refractivity contribution >= 4 is 11.8 Å². The average Bonchev–Trinajstić information content (AvgIpc) is 3.33. The van der Waals surface area contributed by atoms with Crippen molar-refractivity contribution in [1.29, 1.82) is 0 Å². The average molecular weight is 677 g/mol. The Bertz CT molecular complexity index is 1310. The molecule has 6 nitrogen and oxygen atoms in total. The van der Waals surface area contributed by atoms with Crippen molar-refractivity contribution < 1.29 is 47.4 Å². The molecule has 0 aromatic carbocycles. The summed E-state index contributed by atoms with van der Waals surface area (Å²) in [5.41, 5.74) is -2.46. The molecule has 0 N–H and O–H groups in total. The minimum absolute atomic E-state index is 0. The van der Waals surface area contributed by atoms with Crippen molar-refractivity contribution in [3.63, 3.8) is 0 Å². The second kappa shape index (κ2) is 9.53. The fourth-order valence-electron chi connectivity index (χ4n) is 2.88. The Kier molecular flexibility index (Phi) is 7.28. The molecule has 14 heteroatoms. The minimum atomic E-state index is -5.32. The van der Waals surface area contributed by atoms with E-state index in [1.54, 1.807) is 29.1 Å². The predicted octanol–water partition coefficient (Wildman–Crippen LogP) is 5.25. The molecule has 0 atom stereocenters. The molecule has 0 aliphatic heterocycles. The maximum absolute atomic E-state index is 13.4. The second-order valence-corrected chi connectivity index (χ2v) is 7.77. The van der Waals surface area contributed by atoms with Gasteiger partial charge < -0.3 is 19.1 Å². The number of rotatable bonds is 4. The van der Waals surface area contributed by atoms with E-state index < -0.39 is 29.6 Å². The van der Waals surface area contributed by atoms with E-state index in [-0.39, 0.29) is 30.7 Å². The van der Waals surface area contributed by atoms with E-state index in [0.29, 0.717) is 10.8 Å². The van der Waals surface area contributed by atoms with Crippen molar-refractivity contribution in [2.75, 3.05) is 0 Å². The zero-order valence-electron chi connectivity index (χ0n) is 17.1. The van der Waals surface area contributed by atoms with Crippen LogP contribution in [-0.4, -0.2) is 29.1 Å². The number of aromatic nitrogens is 6. The Morgan fingerprint density at radius 1 is 0.765 bits per heavy atom. The third-order valence-corrected chi connectivity index (χ3v) is 5.38. The number of hydrogen-bond donors (Lipinski definition) is 0. The first-order valence-electron chi connectivity index (χ1n) is 9.16. The second-order valence-electron chi connectivity index (χ2n) is 6.73. The zero-order chi connectivity index (χ0) is 24.0. The van der Waals surface area contributed by atoms with Crippen LogP contribution in [0.5, 0.6) is 0 Å². The normalized spacial score (nSPS) is 12.0. The number of imidazole rings is 2. The maximum Gasteiger partial charge on any atom is 2.00 e.